The van der Waals surface area contributed by atoms with Crippen LogP contribution in [0.2, 0.25) is 0 Å². The molecule has 2 N–H and O–H groups in total. The molecule has 0 bridgehead atoms. The highest BCUT2D eigenvalue weighted by Gasteiger charge is 2.27. The van der Waals surface area contributed by atoms with Crippen LogP contribution in [0.1, 0.15) is 28.1 Å². The Morgan fingerprint density at radius 1 is 1.24 bits per heavy atom. The lowest BCUT2D eigenvalue weighted by atomic mass is 9.93. The van der Waals surface area contributed by atoms with Gasteiger partial charge in [0.2, 0.25) is 0 Å². The second-order valence-electron chi connectivity index (χ2n) is 4.28. The molecule has 1 aliphatic rings. The normalized spacial score (nSPS) is 20.9. The third-order valence-corrected chi connectivity index (χ3v) is 4.20. The summed E-state index contributed by atoms with van der Waals surface area (Å²) < 4.78 is 5.87. The Kier molecular flexibility index (Phi) is 2.97. The van der Waals surface area contributed by atoms with Crippen LogP contribution in [0, 0.1) is 0 Å². The van der Waals surface area contributed by atoms with Gasteiger partial charge < -0.3 is 10.5 Å². The summed E-state index contributed by atoms with van der Waals surface area (Å²) in [7, 11) is 0. The van der Waals surface area contributed by atoms with E-state index in [2.05, 4.69) is 35.7 Å². The largest absolute Gasteiger partial charge is 0.371 e. The fraction of sp³-hybridized carbons (Fsp3) is 0.286. The summed E-state index contributed by atoms with van der Waals surface area (Å²) in [5.74, 6) is 0. The molecule has 0 saturated carbocycles. The Labute approximate surface area is 105 Å². The Balaban J connectivity index is 1.95. The van der Waals surface area contributed by atoms with Gasteiger partial charge in [-0.3, -0.25) is 0 Å². The van der Waals surface area contributed by atoms with Gasteiger partial charge in [0.05, 0.1) is 12.6 Å². The summed E-state index contributed by atoms with van der Waals surface area (Å²) in [6.07, 6.45) is 0.989. The molecule has 2 aromatic rings. The summed E-state index contributed by atoms with van der Waals surface area (Å²) in [5, 5.41) is 2.06. The van der Waals surface area contributed by atoms with Crippen LogP contribution in [0.4, 0.5) is 0 Å². The molecule has 0 aliphatic carbocycles. The molecule has 1 aromatic carbocycles. The zero-order chi connectivity index (χ0) is 11.7. The first-order chi connectivity index (χ1) is 8.36. The van der Waals surface area contributed by atoms with Crippen LogP contribution < -0.4 is 5.73 Å². The van der Waals surface area contributed by atoms with Gasteiger partial charge in [0.25, 0.3) is 0 Å². The molecule has 3 heteroatoms. The van der Waals surface area contributed by atoms with Crippen molar-refractivity contribution in [3.8, 4) is 0 Å². The first-order valence-electron chi connectivity index (χ1n) is 5.84. The molecular formula is C14H15NOS. The summed E-state index contributed by atoms with van der Waals surface area (Å²) >= 11 is 1.69. The van der Waals surface area contributed by atoms with Crippen LogP contribution in [-0.2, 0) is 11.2 Å². The zero-order valence-corrected chi connectivity index (χ0v) is 10.3. The highest BCUT2D eigenvalue weighted by Crippen LogP contribution is 2.36. The van der Waals surface area contributed by atoms with Gasteiger partial charge >= 0.3 is 0 Å². The number of hydrogen-bond donors (Lipinski definition) is 1. The molecule has 1 aliphatic heterocycles. The molecule has 17 heavy (non-hydrogen) atoms. The minimum absolute atomic E-state index is 0.00130. The molecule has 0 spiro atoms. The lowest BCUT2D eigenvalue weighted by Crippen LogP contribution is -2.26. The number of hydrogen-bond acceptors (Lipinski definition) is 3. The van der Waals surface area contributed by atoms with Crippen LogP contribution in [0.5, 0.6) is 0 Å². The van der Waals surface area contributed by atoms with Gasteiger partial charge in [-0.05, 0) is 29.0 Å². The lowest BCUT2D eigenvalue weighted by Gasteiger charge is -2.30. The summed E-state index contributed by atoms with van der Waals surface area (Å²) in [4.78, 5) is 1.19. The van der Waals surface area contributed by atoms with Crippen molar-refractivity contribution < 1.29 is 4.74 Å². The van der Waals surface area contributed by atoms with Gasteiger partial charge in [-0.15, -0.1) is 11.3 Å². The van der Waals surface area contributed by atoms with Gasteiger partial charge in [-0.25, -0.2) is 0 Å². The van der Waals surface area contributed by atoms with Crippen molar-refractivity contribution in [3.63, 3.8) is 0 Å². The van der Waals surface area contributed by atoms with E-state index in [1.165, 1.54) is 16.0 Å². The maximum atomic E-state index is 6.31. The molecule has 0 amide bonds. The standard InChI is InChI=1S/C14H15NOS/c15-13(12-6-3-9-17-12)14-11-5-2-1-4-10(11)7-8-16-14/h1-6,9,13-14H,7-8,15H2. The van der Waals surface area contributed by atoms with Crippen molar-refractivity contribution in [2.45, 2.75) is 18.6 Å². The highest BCUT2D eigenvalue weighted by atomic mass is 32.1. The van der Waals surface area contributed by atoms with E-state index in [0.717, 1.165) is 13.0 Å². The van der Waals surface area contributed by atoms with Crippen molar-refractivity contribution >= 4 is 11.3 Å². The van der Waals surface area contributed by atoms with E-state index in [-0.39, 0.29) is 12.1 Å². The second-order valence-corrected chi connectivity index (χ2v) is 5.26. The molecule has 3 rings (SSSR count). The van der Waals surface area contributed by atoms with Crippen molar-refractivity contribution in [3.05, 3.63) is 57.8 Å². The van der Waals surface area contributed by atoms with Gasteiger partial charge in [0.1, 0.15) is 6.10 Å². The Bertz CT molecular complexity index is 495. The molecule has 0 saturated heterocycles. The molecule has 0 fully saturated rings. The van der Waals surface area contributed by atoms with Gasteiger partial charge in [-0.1, -0.05) is 30.3 Å². The quantitative estimate of drug-likeness (QED) is 0.882. The predicted octanol–water partition coefficient (Wildman–Crippen LogP) is 3.06. The Morgan fingerprint density at radius 3 is 2.94 bits per heavy atom. The first kappa shape index (κ1) is 11.0. The summed E-state index contributed by atoms with van der Waals surface area (Å²) in [6.45, 7) is 0.765. The highest BCUT2D eigenvalue weighted by molar-refractivity contribution is 7.10. The van der Waals surface area contributed by atoms with Crippen LogP contribution in [0.3, 0.4) is 0 Å². The van der Waals surface area contributed by atoms with Crippen molar-refractivity contribution in [1.29, 1.82) is 0 Å². The number of ether oxygens (including phenoxy) is 1. The molecule has 2 atom stereocenters. The maximum absolute atomic E-state index is 6.31. The third-order valence-electron chi connectivity index (χ3n) is 3.23. The van der Waals surface area contributed by atoms with E-state index in [0.29, 0.717) is 0 Å². The van der Waals surface area contributed by atoms with Crippen LogP contribution in [-0.4, -0.2) is 6.61 Å². The fourth-order valence-electron chi connectivity index (χ4n) is 2.35. The lowest BCUT2D eigenvalue weighted by molar-refractivity contribution is 0.0248. The number of benzene rings is 1. The van der Waals surface area contributed by atoms with E-state index in [1.807, 2.05) is 6.07 Å². The van der Waals surface area contributed by atoms with E-state index in [1.54, 1.807) is 11.3 Å². The minimum Gasteiger partial charge on any atom is -0.371 e. The second kappa shape index (κ2) is 4.61. The first-order valence-corrected chi connectivity index (χ1v) is 6.72. The number of fused-ring (bicyclic) bond motifs is 1. The van der Waals surface area contributed by atoms with Crippen molar-refractivity contribution in [2.75, 3.05) is 6.61 Å². The SMILES string of the molecule is NC(c1cccs1)C1OCCc2ccccc21. The average molecular weight is 245 g/mol. The van der Waals surface area contributed by atoms with Crippen LogP contribution in [0.15, 0.2) is 41.8 Å². The van der Waals surface area contributed by atoms with E-state index >= 15 is 0 Å². The third kappa shape index (κ3) is 2.02. The van der Waals surface area contributed by atoms with E-state index in [4.69, 9.17) is 10.5 Å². The fourth-order valence-corrected chi connectivity index (χ4v) is 3.10. The zero-order valence-electron chi connectivity index (χ0n) is 9.50. The molecule has 88 valence electrons. The average Bonchev–Trinajstić information content (AvgIpc) is 2.91. The number of thiophene rings is 1. The molecule has 1 aromatic heterocycles. The van der Waals surface area contributed by atoms with Crippen LogP contribution >= 0.6 is 11.3 Å². The van der Waals surface area contributed by atoms with E-state index in [9.17, 15) is 0 Å². The molecular weight excluding hydrogens is 230 g/mol. The predicted molar refractivity (Wildman–Crippen MR) is 70.1 cm³/mol. The molecule has 2 heterocycles. The Morgan fingerprint density at radius 2 is 2.12 bits per heavy atom. The monoisotopic (exact) mass is 245 g/mol. The van der Waals surface area contributed by atoms with Gasteiger partial charge in [-0.2, -0.15) is 0 Å². The molecule has 2 unspecified atom stereocenters. The molecule has 2 nitrogen and oxygen atoms in total. The maximum Gasteiger partial charge on any atom is 0.103 e. The Hall–Kier alpha value is -1.16. The van der Waals surface area contributed by atoms with Gasteiger partial charge in [0.15, 0.2) is 0 Å². The molecule has 0 radical (unpaired) electrons. The summed E-state index contributed by atoms with van der Waals surface area (Å²) in [6, 6.07) is 12.5. The van der Waals surface area contributed by atoms with Gasteiger partial charge in [0, 0.05) is 4.88 Å². The topological polar surface area (TPSA) is 35.2 Å². The van der Waals surface area contributed by atoms with E-state index < -0.39 is 0 Å². The number of nitrogens with two attached hydrogens (primary N) is 1. The van der Waals surface area contributed by atoms with Crippen LogP contribution in [0.25, 0.3) is 0 Å². The number of rotatable bonds is 2. The van der Waals surface area contributed by atoms with Crippen molar-refractivity contribution in [2.24, 2.45) is 5.73 Å². The summed E-state index contributed by atoms with van der Waals surface area (Å²) in [5.41, 5.74) is 8.94. The smallest absolute Gasteiger partial charge is 0.103 e. The van der Waals surface area contributed by atoms with Crippen molar-refractivity contribution in [1.82, 2.24) is 0 Å². The minimum atomic E-state index is -0.0588.